The summed E-state index contributed by atoms with van der Waals surface area (Å²) in [5.41, 5.74) is 1.85. The van der Waals surface area contributed by atoms with Crippen molar-refractivity contribution in [2.24, 2.45) is 4.99 Å². The number of aliphatic imine (C=N–C) groups is 1. The van der Waals surface area contributed by atoms with Crippen molar-refractivity contribution < 1.29 is 9.53 Å². The minimum Gasteiger partial charge on any atom is -0.373 e. The first-order valence-electron chi connectivity index (χ1n) is 9.77. The molecule has 3 rings (SSSR count). The van der Waals surface area contributed by atoms with E-state index in [0.717, 1.165) is 36.6 Å². The predicted molar refractivity (Wildman–Crippen MR) is 123 cm³/mol. The Hall–Kier alpha value is -1.39. The first-order valence-corrected chi connectivity index (χ1v) is 9.77. The van der Waals surface area contributed by atoms with Crippen molar-refractivity contribution in [2.45, 2.75) is 51.0 Å². The van der Waals surface area contributed by atoms with Gasteiger partial charge in [0.2, 0.25) is 5.91 Å². The number of nitrogens with one attached hydrogen (secondary N) is 3. The Kier molecular flexibility index (Phi) is 8.97. The smallest absolute Gasteiger partial charge is 0.238 e. The maximum absolute atomic E-state index is 11.9. The van der Waals surface area contributed by atoms with Gasteiger partial charge in [-0.25, -0.2) is 4.99 Å². The number of fused-ring (bicyclic) bond motifs is 2. The SMILES string of the molecule is CCNC(=NCc1cccc(NC(=O)CN(C)C)c1)NC1CC2CCC1O2.I. The maximum atomic E-state index is 11.9. The molecule has 156 valence electrons. The number of nitrogens with zero attached hydrogens (tertiary/aromatic N) is 2. The van der Waals surface area contributed by atoms with Crippen molar-refractivity contribution in [3.05, 3.63) is 29.8 Å². The number of benzene rings is 1. The van der Waals surface area contributed by atoms with Crippen molar-refractivity contribution in [3.63, 3.8) is 0 Å². The fourth-order valence-electron chi connectivity index (χ4n) is 3.69. The quantitative estimate of drug-likeness (QED) is 0.304. The summed E-state index contributed by atoms with van der Waals surface area (Å²) in [6.07, 6.45) is 4.11. The van der Waals surface area contributed by atoms with E-state index in [2.05, 4.69) is 22.9 Å². The van der Waals surface area contributed by atoms with Gasteiger partial charge in [0.25, 0.3) is 0 Å². The molecule has 1 amide bonds. The van der Waals surface area contributed by atoms with Crippen LogP contribution in [-0.4, -0.2) is 62.2 Å². The topological polar surface area (TPSA) is 78.0 Å². The van der Waals surface area contributed by atoms with Crippen molar-refractivity contribution in [2.75, 3.05) is 32.5 Å². The number of rotatable bonds is 7. The number of ether oxygens (including phenoxy) is 1. The molecule has 1 aromatic rings. The van der Waals surface area contributed by atoms with Crippen LogP contribution in [0.25, 0.3) is 0 Å². The molecule has 3 N–H and O–H groups in total. The van der Waals surface area contributed by atoms with Crippen LogP contribution in [0.3, 0.4) is 0 Å². The zero-order valence-corrected chi connectivity index (χ0v) is 19.2. The molecule has 7 nitrogen and oxygen atoms in total. The van der Waals surface area contributed by atoms with Crippen LogP contribution in [0.4, 0.5) is 5.69 Å². The Bertz CT molecular complexity index is 682. The van der Waals surface area contributed by atoms with Gasteiger partial charge in [0.15, 0.2) is 5.96 Å². The number of hydrogen-bond donors (Lipinski definition) is 3. The summed E-state index contributed by atoms with van der Waals surface area (Å²) in [5.74, 6) is 0.799. The molecule has 1 aromatic carbocycles. The zero-order chi connectivity index (χ0) is 19.2. The molecule has 3 unspecified atom stereocenters. The van der Waals surface area contributed by atoms with Gasteiger partial charge in [-0.3, -0.25) is 4.79 Å². The highest BCUT2D eigenvalue weighted by Gasteiger charge is 2.41. The van der Waals surface area contributed by atoms with E-state index in [0.29, 0.717) is 31.3 Å². The molecule has 2 aliphatic rings. The largest absolute Gasteiger partial charge is 0.373 e. The molecule has 2 aliphatic heterocycles. The van der Waals surface area contributed by atoms with Gasteiger partial charge in [0.05, 0.1) is 31.3 Å². The van der Waals surface area contributed by atoms with Gasteiger partial charge in [-0.1, -0.05) is 12.1 Å². The molecule has 0 aromatic heterocycles. The van der Waals surface area contributed by atoms with Gasteiger partial charge in [-0.2, -0.15) is 0 Å². The van der Waals surface area contributed by atoms with E-state index in [-0.39, 0.29) is 29.9 Å². The van der Waals surface area contributed by atoms with Crippen LogP contribution >= 0.6 is 24.0 Å². The van der Waals surface area contributed by atoms with Gasteiger partial charge in [0.1, 0.15) is 0 Å². The first-order chi connectivity index (χ1) is 13.0. The average molecular weight is 501 g/mol. The molecule has 28 heavy (non-hydrogen) atoms. The molecule has 0 aliphatic carbocycles. The van der Waals surface area contributed by atoms with Crippen molar-refractivity contribution in [3.8, 4) is 0 Å². The van der Waals surface area contributed by atoms with E-state index in [1.165, 1.54) is 6.42 Å². The monoisotopic (exact) mass is 501 g/mol. The lowest BCUT2D eigenvalue weighted by Crippen LogP contribution is -2.47. The Balaban J connectivity index is 0.00000280. The predicted octanol–water partition coefficient (Wildman–Crippen LogP) is 2.18. The first kappa shape index (κ1) is 22.9. The highest BCUT2D eigenvalue weighted by molar-refractivity contribution is 14.0. The Morgan fingerprint density at radius 3 is 2.79 bits per heavy atom. The second-order valence-corrected chi connectivity index (χ2v) is 7.54. The van der Waals surface area contributed by atoms with Crippen LogP contribution in [-0.2, 0) is 16.1 Å². The summed E-state index contributed by atoms with van der Waals surface area (Å²) >= 11 is 0. The van der Waals surface area contributed by atoms with E-state index in [1.807, 2.05) is 43.3 Å². The lowest BCUT2D eigenvalue weighted by molar-refractivity contribution is -0.116. The lowest BCUT2D eigenvalue weighted by Gasteiger charge is -2.22. The molecule has 0 saturated carbocycles. The summed E-state index contributed by atoms with van der Waals surface area (Å²) in [6.45, 7) is 3.79. The molecule has 3 atom stereocenters. The number of hydrogen-bond acceptors (Lipinski definition) is 4. The van der Waals surface area contributed by atoms with Gasteiger partial charge in [-0.15, -0.1) is 24.0 Å². The minimum absolute atomic E-state index is 0. The number of amides is 1. The highest BCUT2D eigenvalue weighted by atomic mass is 127. The number of carbonyl (C=O) groups is 1. The van der Waals surface area contributed by atoms with E-state index in [4.69, 9.17) is 9.73 Å². The molecule has 0 radical (unpaired) electrons. The summed E-state index contributed by atoms with van der Waals surface area (Å²) in [5, 5.41) is 9.77. The fraction of sp³-hybridized carbons (Fsp3) is 0.600. The minimum atomic E-state index is -0.0213. The number of carbonyl (C=O) groups excluding carboxylic acids is 1. The summed E-state index contributed by atoms with van der Waals surface area (Å²) in [7, 11) is 3.75. The van der Waals surface area contributed by atoms with Crippen molar-refractivity contribution in [1.82, 2.24) is 15.5 Å². The van der Waals surface area contributed by atoms with Crippen LogP contribution in [0.2, 0.25) is 0 Å². The van der Waals surface area contributed by atoms with E-state index in [9.17, 15) is 4.79 Å². The average Bonchev–Trinajstić information content (AvgIpc) is 3.22. The molecule has 2 saturated heterocycles. The number of halogens is 1. The summed E-state index contributed by atoms with van der Waals surface area (Å²) in [4.78, 5) is 18.5. The number of likely N-dealkylation sites (N-methyl/N-ethyl adjacent to an activating group) is 1. The molecule has 8 heteroatoms. The van der Waals surface area contributed by atoms with Crippen LogP contribution < -0.4 is 16.0 Å². The Morgan fingerprint density at radius 1 is 1.32 bits per heavy atom. The normalized spacial score (nSPS) is 23.4. The van der Waals surface area contributed by atoms with Gasteiger partial charge in [-0.05, 0) is 58.0 Å². The standard InChI is InChI=1S/C20H31N5O2.HI/c1-4-21-20(24-17-11-16-8-9-18(17)27-16)22-12-14-6-5-7-15(10-14)23-19(26)13-25(2)3;/h5-7,10,16-18H,4,8-9,11-13H2,1-3H3,(H,23,26)(H2,21,22,24);1H. The summed E-state index contributed by atoms with van der Waals surface area (Å²) in [6, 6.07) is 8.19. The second-order valence-electron chi connectivity index (χ2n) is 7.54. The number of anilines is 1. The third-order valence-corrected chi connectivity index (χ3v) is 4.86. The zero-order valence-electron chi connectivity index (χ0n) is 16.9. The fourth-order valence-corrected chi connectivity index (χ4v) is 3.69. The lowest BCUT2D eigenvalue weighted by atomic mass is 9.96. The van der Waals surface area contributed by atoms with Crippen LogP contribution in [0.15, 0.2) is 29.3 Å². The van der Waals surface area contributed by atoms with Crippen molar-refractivity contribution >= 4 is 41.5 Å². The number of guanidine groups is 1. The van der Waals surface area contributed by atoms with E-state index in [1.54, 1.807) is 0 Å². The Morgan fingerprint density at radius 2 is 2.14 bits per heavy atom. The highest BCUT2D eigenvalue weighted by Crippen LogP contribution is 2.34. The van der Waals surface area contributed by atoms with Gasteiger partial charge in [0, 0.05) is 12.2 Å². The summed E-state index contributed by atoms with van der Waals surface area (Å²) < 4.78 is 5.92. The van der Waals surface area contributed by atoms with Crippen LogP contribution in [0, 0.1) is 0 Å². The molecule has 2 bridgehead atoms. The maximum Gasteiger partial charge on any atom is 0.238 e. The third kappa shape index (κ3) is 6.59. The molecular weight excluding hydrogens is 469 g/mol. The van der Waals surface area contributed by atoms with Crippen LogP contribution in [0.5, 0.6) is 0 Å². The third-order valence-electron chi connectivity index (χ3n) is 4.86. The van der Waals surface area contributed by atoms with Gasteiger partial charge >= 0.3 is 0 Å². The van der Waals surface area contributed by atoms with Crippen LogP contribution in [0.1, 0.15) is 31.7 Å². The Labute approximate surface area is 184 Å². The molecular formula is C20H32IN5O2. The molecule has 2 fully saturated rings. The molecule has 0 spiro atoms. The van der Waals surface area contributed by atoms with Crippen molar-refractivity contribution in [1.29, 1.82) is 0 Å². The van der Waals surface area contributed by atoms with E-state index >= 15 is 0 Å². The van der Waals surface area contributed by atoms with E-state index < -0.39 is 0 Å². The molecule has 2 heterocycles. The second kappa shape index (κ2) is 11.0. The van der Waals surface area contributed by atoms with Gasteiger partial charge < -0.3 is 25.6 Å².